The first kappa shape index (κ1) is 12.0. The quantitative estimate of drug-likeness (QED) is 0.898. The van der Waals surface area contributed by atoms with Gasteiger partial charge in [-0.1, -0.05) is 15.9 Å². The van der Waals surface area contributed by atoms with Crippen LogP contribution >= 0.6 is 15.9 Å². The van der Waals surface area contributed by atoms with Crippen LogP contribution in [-0.4, -0.2) is 30.6 Å². The van der Waals surface area contributed by atoms with E-state index in [1.165, 1.54) is 6.07 Å². The van der Waals surface area contributed by atoms with Gasteiger partial charge in [-0.3, -0.25) is 4.90 Å². The predicted molar refractivity (Wildman–Crippen MR) is 66.8 cm³/mol. The van der Waals surface area contributed by atoms with Gasteiger partial charge in [0, 0.05) is 42.3 Å². The number of nitrogens with zero attached hydrogens (tertiary/aromatic N) is 1. The van der Waals surface area contributed by atoms with Crippen molar-refractivity contribution in [2.24, 2.45) is 0 Å². The molecule has 1 aromatic rings. The van der Waals surface area contributed by atoms with Gasteiger partial charge in [0.25, 0.3) is 0 Å². The third-order valence-electron chi connectivity index (χ3n) is 2.85. The van der Waals surface area contributed by atoms with Crippen molar-refractivity contribution >= 4 is 15.9 Å². The molecule has 0 bridgehead atoms. The van der Waals surface area contributed by atoms with Crippen molar-refractivity contribution in [3.63, 3.8) is 0 Å². The predicted octanol–water partition coefficient (Wildman–Crippen LogP) is 2.38. The van der Waals surface area contributed by atoms with Gasteiger partial charge in [0.15, 0.2) is 0 Å². The molecule has 0 aromatic heterocycles. The van der Waals surface area contributed by atoms with Crippen LogP contribution in [0.15, 0.2) is 22.7 Å². The normalized spacial score (nSPS) is 22.3. The summed E-state index contributed by atoms with van der Waals surface area (Å²) in [4.78, 5) is 2.28. The van der Waals surface area contributed by atoms with Crippen molar-refractivity contribution in [2.75, 3.05) is 19.6 Å². The van der Waals surface area contributed by atoms with Gasteiger partial charge in [-0.25, -0.2) is 4.39 Å². The van der Waals surface area contributed by atoms with Crippen LogP contribution in [0.1, 0.15) is 12.5 Å². The summed E-state index contributed by atoms with van der Waals surface area (Å²) in [7, 11) is 0. The van der Waals surface area contributed by atoms with Crippen molar-refractivity contribution in [2.45, 2.75) is 19.5 Å². The first-order valence-corrected chi connectivity index (χ1v) is 6.34. The highest BCUT2D eigenvalue weighted by Crippen LogP contribution is 2.17. The van der Waals surface area contributed by atoms with Gasteiger partial charge in [-0.05, 0) is 25.1 Å². The van der Waals surface area contributed by atoms with E-state index in [2.05, 4.69) is 33.1 Å². The number of hydrogen-bond donors (Lipinski definition) is 1. The van der Waals surface area contributed by atoms with Gasteiger partial charge in [-0.15, -0.1) is 0 Å². The minimum absolute atomic E-state index is 0.116. The first-order valence-electron chi connectivity index (χ1n) is 5.55. The zero-order valence-corrected chi connectivity index (χ0v) is 10.9. The molecule has 2 nitrogen and oxygen atoms in total. The Bertz CT molecular complexity index is 370. The van der Waals surface area contributed by atoms with Crippen molar-refractivity contribution in [1.82, 2.24) is 10.2 Å². The topological polar surface area (TPSA) is 15.3 Å². The van der Waals surface area contributed by atoms with Crippen LogP contribution in [-0.2, 0) is 6.54 Å². The smallest absolute Gasteiger partial charge is 0.127 e. The molecule has 1 heterocycles. The van der Waals surface area contributed by atoms with Gasteiger partial charge < -0.3 is 5.32 Å². The lowest BCUT2D eigenvalue weighted by Gasteiger charge is -2.31. The van der Waals surface area contributed by atoms with Gasteiger partial charge in [0.1, 0.15) is 5.82 Å². The highest BCUT2D eigenvalue weighted by molar-refractivity contribution is 9.10. The summed E-state index contributed by atoms with van der Waals surface area (Å²) in [6, 6.07) is 5.61. The standard InChI is InChI=1S/C12H16BrFN2/c1-9-7-16(5-4-15-9)8-10-6-11(13)2-3-12(10)14/h2-3,6,9,15H,4-5,7-8H2,1H3. The second-order valence-electron chi connectivity index (χ2n) is 4.33. The van der Waals surface area contributed by atoms with Crippen molar-refractivity contribution in [3.05, 3.63) is 34.1 Å². The Labute approximate surface area is 104 Å². The third-order valence-corrected chi connectivity index (χ3v) is 3.35. The lowest BCUT2D eigenvalue weighted by Crippen LogP contribution is -2.48. The summed E-state index contributed by atoms with van der Waals surface area (Å²) < 4.78 is 14.5. The second kappa shape index (κ2) is 5.25. The number of rotatable bonds is 2. The van der Waals surface area contributed by atoms with Gasteiger partial charge in [0.05, 0.1) is 0 Å². The fraction of sp³-hybridized carbons (Fsp3) is 0.500. The summed E-state index contributed by atoms with van der Waals surface area (Å²) in [6.45, 7) is 5.79. The van der Waals surface area contributed by atoms with E-state index in [1.54, 1.807) is 6.07 Å². The number of benzene rings is 1. The summed E-state index contributed by atoms with van der Waals surface area (Å²) in [6.07, 6.45) is 0. The van der Waals surface area contributed by atoms with E-state index in [4.69, 9.17) is 0 Å². The average Bonchev–Trinajstić information content (AvgIpc) is 2.24. The summed E-state index contributed by atoms with van der Waals surface area (Å²) in [5, 5.41) is 3.38. The molecule has 88 valence electrons. The lowest BCUT2D eigenvalue weighted by molar-refractivity contribution is 0.197. The monoisotopic (exact) mass is 286 g/mol. The molecule has 4 heteroatoms. The number of nitrogens with one attached hydrogen (secondary N) is 1. The molecule has 0 amide bonds. The lowest BCUT2D eigenvalue weighted by atomic mass is 10.1. The SMILES string of the molecule is CC1CN(Cc2cc(Br)ccc2F)CCN1. The molecular formula is C12H16BrFN2. The van der Waals surface area contributed by atoms with Crippen molar-refractivity contribution in [1.29, 1.82) is 0 Å². The molecule has 1 saturated heterocycles. The maximum Gasteiger partial charge on any atom is 0.127 e. The van der Waals surface area contributed by atoms with E-state index >= 15 is 0 Å². The van der Waals surface area contributed by atoms with E-state index < -0.39 is 0 Å². The fourth-order valence-electron chi connectivity index (χ4n) is 2.06. The third kappa shape index (κ3) is 3.03. The minimum atomic E-state index is -0.116. The molecule has 1 N–H and O–H groups in total. The number of piperazine rings is 1. The number of hydrogen-bond acceptors (Lipinski definition) is 2. The van der Waals surface area contributed by atoms with Crippen LogP contribution in [0.25, 0.3) is 0 Å². The Hall–Kier alpha value is -0.450. The molecule has 1 aliphatic heterocycles. The van der Waals surface area contributed by atoms with Crippen LogP contribution in [0.5, 0.6) is 0 Å². The van der Waals surface area contributed by atoms with E-state index in [-0.39, 0.29) is 5.82 Å². The van der Waals surface area contributed by atoms with E-state index in [1.807, 2.05) is 6.07 Å². The molecular weight excluding hydrogens is 271 g/mol. The Kier molecular flexibility index (Phi) is 3.95. The largest absolute Gasteiger partial charge is 0.312 e. The van der Waals surface area contributed by atoms with Crippen molar-refractivity contribution in [3.8, 4) is 0 Å². The summed E-state index contributed by atoms with van der Waals surface area (Å²) in [5.41, 5.74) is 0.767. The van der Waals surface area contributed by atoms with Crippen molar-refractivity contribution < 1.29 is 4.39 Å². The minimum Gasteiger partial charge on any atom is -0.312 e. The Morgan fingerprint density at radius 3 is 3.12 bits per heavy atom. The molecule has 16 heavy (non-hydrogen) atoms. The summed E-state index contributed by atoms with van der Waals surface area (Å²) >= 11 is 3.38. The Balaban J connectivity index is 2.05. The molecule has 1 aliphatic rings. The van der Waals surface area contributed by atoms with Gasteiger partial charge in [0.2, 0.25) is 0 Å². The van der Waals surface area contributed by atoms with Gasteiger partial charge >= 0.3 is 0 Å². The molecule has 2 rings (SSSR count). The van der Waals surface area contributed by atoms with Crippen LogP contribution < -0.4 is 5.32 Å². The molecule has 1 fully saturated rings. The molecule has 0 spiro atoms. The zero-order valence-electron chi connectivity index (χ0n) is 9.34. The summed E-state index contributed by atoms with van der Waals surface area (Å²) in [5.74, 6) is -0.116. The maximum atomic E-state index is 13.6. The Morgan fingerprint density at radius 2 is 2.38 bits per heavy atom. The molecule has 0 aliphatic carbocycles. The van der Waals surface area contributed by atoms with E-state index in [0.717, 1.165) is 29.7 Å². The molecule has 0 radical (unpaired) electrons. The second-order valence-corrected chi connectivity index (χ2v) is 5.24. The van der Waals surface area contributed by atoms with Crippen LogP contribution in [0.2, 0.25) is 0 Å². The van der Waals surface area contributed by atoms with E-state index in [9.17, 15) is 4.39 Å². The highest BCUT2D eigenvalue weighted by Gasteiger charge is 2.16. The molecule has 1 atom stereocenters. The highest BCUT2D eigenvalue weighted by atomic mass is 79.9. The van der Waals surface area contributed by atoms with Crippen LogP contribution in [0, 0.1) is 5.82 Å². The van der Waals surface area contributed by atoms with Crippen LogP contribution in [0.3, 0.4) is 0 Å². The van der Waals surface area contributed by atoms with E-state index in [0.29, 0.717) is 12.6 Å². The fourth-order valence-corrected chi connectivity index (χ4v) is 2.47. The first-order chi connectivity index (χ1) is 7.65. The van der Waals surface area contributed by atoms with Crippen LogP contribution in [0.4, 0.5) is 4.39 Å². The Morgan fingerprint density at radius 1 is 1.56 bits per heavy atom. The van der Waals surface area contributed by atoms with Gasteiger partial charge in [-0.2, -0.15) is 0 Å². The molecule has 0 saturated carbocycles. The zero-order chi connectivity index (χ0) is 11.5. The average molecular weight is 287 g/mol. The number of halogens is 2. The maximum absolute atomic E-state index is 13.6. The molecule has 1 unspecified atom stereocenters. The molecule has 1 aromatic carbocycles.